The number of benzene rings is 2. The Kier molecular flexibility index (Phi) is 9.64. The summed E-state index contributed by atoms with van der Waals surface area (Å²) in [6.45, 7) is 15.6. The van der Waals surface area contributed by atoms with E-state index in [9.17, 15) is 14.9 Å². The molecule has 0 saturated carbocycles. The number of ether oxygens (including phenoxy) is 1. The topological polar surface area (TPSA) is 83.4 Å². The van der Waals surface area contributed by atoms with Gasteiger partial charge in [-0.05, 0) is 108 Å². The molecule has 2 aromatic carbocycles. The monoisotopic (exact) mass is 660 g/mol. The lowest BCUT2D eigenvalue weighted by Gasteiger charge is -2.42. The number of amides is 2. The van der Waals surface area contributed by atoms with Crippen LogP contribution in [0.4, 0.5) is 16.2 Å². The molecule has 0 N–H and O–H groups in total. The molecule has 0 aromatic heterocycles. The maximum Gasteiger partial charge on any atom is 0.410 e. The number of hydrogen-bond donors (Lipinski definition) is 0. The average molecular weight is 661 g/mol. The zero-order chi connectivity index (χ0) is 33.3. The van der Waals surface area contributed by atoms with E-state index in [0.717, 1.165) is 89.2 Å². The number of carbonyl (C=O) groups excluding carboxylic acids is 2. The van der Waals surface area contributed by atoms with E-state index in [1.807, 2.05) is 60.9 Å². The fourth-order valence-electron chi connectivity index (χ4n) is 8.07. The van der Waals surface area contributed by atoms with Crippen molar-refractivity contribution in [3.05, 3.63) is 58.6 Å². The summed E-state index contributed by atoms with van der Waals surface area (Å²) in [5, 5.41) is 9.77. The Bertz CT molecular complexity index is 1480. The maximum absolute atomic E-state index is 13.4. The highest BCUT2D eigenvalue weighted by atomic mass is 35.5. The van der Waals surface area contributed by atoms with Crippen LogP contribution in [-0.2, 0) is 4.74 Å². The minimum absolute atomic E-state index is 0.108. The second-order valence-corrected chi connectivity index (χ2v) is 15.4. The first kappa shape index (κ1) is 33.4. The number of hydrogen-bond acceptors (Lipinski definition) is 7. The molecule has 4 aliphatic heterocycles. The minimum Gasteiger partial charge on any atom is -0.444 e. The molecule has 10 heteroatoms. The zero-order valence-electron chi connectivity index (χ0n) is 28.4. The number of piperazine rings is 1. The van der Waals surface area contributed by atoms with E-state index in [2.05, 4.69) is 39.8 Å². The van der Waals surface area contributed by atoms with Crippen molar-refractivity contribution in [2.75, 3.05) is 68.7 Å². The second kappa shape index (κ2) is 13.6. The van der Waals surface area contributed by atoms with E-state index in [0.29, 0.717) is 35.8 Å². The summed E-state index contributed by atoms with van der Waals surface area (Å²) in [5.74, 6) is 0.108. The number of nitriles is 1. The van der Waals surface area contributed by atoms with E-state index in [1.165, 1.54) is 5.69 Å². The van der Waals surface area contributed by atoms with Crippen LogP contribution in [0.1, 0.15) is 75.7 Å². The van der Waals surface area contributed by atoms with Crippen molar-refractivity contribution in [3.8, 4) is 6.07 Å². The summed E-state index contributed by atoms with van der Waals surface area (Å²) in [5.41, 5.74) is 3.36. The van der Waals surface area contributed by atoms with Crippen molar-refractivity contribution in [1.29, 1.82) is 5.26 Å². The third kappa shape index (κ3) is 7.49. The van der Waals surface area contributed by atoms with Crippen molar-refractivity contribution < 1.29 is 14.3 Å². The first-order chi connectivity index (χ1) is 22.4. The Morgan fingerprint density at radius 3 is 2.13 bits per heavy atom. The van der Waals surface area contributed by atoms with Gasteiger partial charge in [-0.25, -0.2) is 4.79 Å². The van der Waals surface area contributed by atoms with Crippen LogP contribution < -0.4 is 9.80 Å². The molecule has 1 spiro atoms. The molecule has 4 saturated heterocycles. The molecule has 0 radical (unpaired) electrons. The van der Waals surface area contributed by atoms with E-state index < -0.39 is 5.60 Å². The molecular weight excluding hydrogens is 612 g/mol. The molecule has 252 valence electrons. The van der Waals surface area contributed by atoms with Crippen LogP contribution in [0.5, 0.6) is 0 Å². The van der Waals surface area contributed by atoms with Crippen LogP contribution >= 0.6 is 11.6 Å². The number of carbonyl (C=O) groups is 2. The van der Waals surface area contributed by atoms with Gasteiger partial charge in [-0.1, -0.05) is 11.6 Å². The number of likely N-dealkylation sites (tertiary alicyclic amines) is 1. The minimum atomic E-state index is -0.475. The second-order valence-electron chi connectivity index (χ2n) is 15.0. The molecule has 4 fully saturated rings. The number of halogens is 1. The summed E-state index contributed by atoms with van der Waals surface area (Å²) in [6.07, 6.45) is 5.07. The molecule has 1 unspecified atom stereocenters. The van der Waals surface area contributed by atoms with Gasteiger partial charge >= 0.3 is 6.09 Å². The lowest BCUT2D eigenvalue weighted by Crippen LogP contribution is -2.55. The first-order valence-corrected chi connectivity index (χ1v) is 17.6. The third-order valence-corrected chi connectivity index (χ3v) is 11.0. The highest BCUT2D eigenvalue weighted by molar-refractivity contribution is 6.32. The van der Waals surface area contributed by atoms with Crippen LogP contribution in [-0.4, -0.2) is 103 Å². The van der Waals surface area contributed by atoms with Crippen LogP contribution in [0.3, 0.4) is 0 Å². The van der Waals surface area contributed by atoms with Crippen molar-refractivity contribution in [1.82, 2.24) is 14.7 Å². The Morgan fingerprint density at radius 2 is 1.53 bits per heavy atom. The van der Waals surface area contributed by atoms with Crippen LogP contribution in [0, 0.1) is 16.7 Å². The lowest BCUT2D eigenvalue weighted by molar-refractivity contribution is 0.00984. The molecule has 2 aromatic rings. The fourth-order valence-corrected chi connectivity index (χ4v) is 8.28. The summed E-state index contributed by atoms with van der Waals surface area (Å²) in [7, 11) is 0. The smallest absolute Gasteiger partial charge is 0.410 e. The SMILES string of the molecule is CC1CC2(CCN(c3ccc(C(=O)N4CCN(C5CCN(C(=O)OC(C)(C)C)CC5)CC4)cc3)CC2)CN1c1ccc(C#N)c(Cl)c1. The summed E-state index contributed by atoms with van der Waals surface area (Å²) >= 11 is 6.36. The van der Waals surface area contributed by atoms with Gasteiger partial charge in [-0.15, -0.1) is 0 Å². The predicted molar refractivity (Wildman–Crippen MR) is 186 cm³/mol. The molecule has 4 aliphatic rings. The zero-order valence-corrected chi connectivity index (χ0v) is 29.1. The van der Waals surface area contributed by atoms with Crippen LogP contribution in [0.2, 0.25) is 5.02 Å². The molecule has 9 nitrogen and oxygen atoms in total. The van der Waals surface area contributed by atoms with Crippen molar-refractivity contribution >= 4 is 35.0 Å². The molecule has 0 aliphatic carbocycles. The molecule has 2 amide bonds. The van der Waals surface area contributed by atoms with Gasteiger partial charge in [0.1, 0.15) is 11.7 Å². The van der Waals surface area contributed by atoms with Crippen LogP contribution in [0.25, 0.3) is 0 Å². The molecule has 0 bridgehead atoms. The van der Waals surface area contributed by atoms with E-state index >= 15 is 0 Å². The standard InChI is InChI=1S/C37H49ClN6O3/c1-27-24-37(26-44(27)32-10-7-29(25-39)33(38)23-32)13-17-40(18-14-37)30-8-5-28(6-9-30)34(45)42-21-19-41(20-22-42)31-11-15-43(16-12-31)35(46)47-36(2,3)4/h5-10,23,27,31H,11-22,24,26H2,1-4H3. The summed E-state index contributed by atoms with van der Waals surface area (Å²) in [6, 6.07) is 17.0. The van der Waals surface area contributed by atoms with Gasteiger partial charge < -0.3 is 24.3 Å². The highest BCUT2D eigenvalue weighted by Gasteiger charge is 2.44. The number of anilines is 2. The largest absolute Gasteiger partial charge is 0.444 e. The molecule has 6 rings (SSSR count). The number of piperidine rings is 2. The Balaban J connectivity index is 0.962. The van der Waals surface area contributed by atoms with Gasteiger partial charge in [0.25, 0.3) is 5.91 Å². The Labute approximate surface area is 285 Å². The van der Waals surface area contributed by atoms with Gasteiger partial charge in [-0.2, -0.15) is 5.26 Å². The average Bonchev–Trinajstić information content (AvgIpc) is 3.39. The normalized spacial score (nSPS) is 22.4. The summed E-state index contributed by atoms with van der Waals surface area (Å²) in [4.78, 5) is 37.1. The highest BCUT2D eigenvalue weighted by Crippen LogP contribution is 2.46. The van der Waals surface area contributed by atoms with Crippen LogP contribution in [0.15, 0.2) is 42.5 Å². The maximum atomic E-state index is 13.4. The van der Waals surface area contributed by atoms with E-state index in [1.54, 1.807) is 0 Å². The fraction of sp³-hybridized carbons (Fsp3) is 0.595. The van der Waals surface area contributed by atoms with E-state index in [4.69, 9.17) is 16.3 Å². The van der Waals surface area contributed by atoms with Gasteiger partial charge in [0.2, 0.25) is 0 Å². The van der Waals surface area contributed by atoms with Gasteiger partial charge in [0.05, 0.1) is 10.6 Å². The molecule has 1 atom stereocenters. The third-order valence-electron chi connectivity index (χ3n) is 10.7. The molecule has 4 heterocycles. The van der Waals surface area contributed by atoms with E-state index in [-0.39, 0.29) is 17.4 Å². The Morgan fingerprint density at radius 1 is 0.894 bits per heavy atom. The first-order valence-electron chi connectivity index (χ1n) is 17.3. The van der Waals surface area contributed by atoms with Crippen molar-refractivity contribution in [2.24, 2.45) is 5.41 Å². The summed E-state index contributed by atoms with van der Waals surface area (Å²) < 4.78 is 5.55. The van der Waals surface area contributed by atoms with Crippen molar-refractivity contribution in [3.63, 3.8) is 0 Å². The Hall–Kier alpha value is -3.48. The lowest BCUT2D eigenvalue weighted by atomic mass is 9.76. The number of rotatable bonds is 4. The van der Waals surface area contributed by atoms with Gasteiger partial charge in [0, 0.05) is 87.9 Å². The number of nitrogens with zero attached hydrogens (tertiary/aromatic N) is 6. The molecule has 47 heavy (non-hydrogen) atoms. The van der Waals surface area contributed by atoms with Gasteiger partial charge in [0.15, 0.2) is 0 Å². The van der Waals surface area contributed by atoms with Gasteiger partial charge in [-0.3, -0.25) is 9.69 Å². The molecular formula is C37H49ClN6O3. The quantitative estimate of drug-likeness (QED) is 0.383. The van der Waals surface area contributed by atoms with Crippen molar-refractivity contribution in [2.45, 2.75) is 77.5 Å². The predicted octanol–water partition coefficient (Wildman–Crippen LogP) is 6.25.